The van der Waals surface area contributed by atoms with Gasteiger partial charge < -0.3 is 25.4 Å². The number of aliphatic hydroxyl groups is 1. The van der Waals surface area contributed by atoms with Crippen LogP contribution in [0.5, 0.6) is 0 Å². The van der Waals surface area contributed by atoms with E-state index in [0.29, 0.717) is 12.6 Å². The molecule has 3 rings (SSSR count). The van der Waals surface area contributed by atoms with E-state index in [1.807, 2.05) is 35.2 Å². The largest absolute Gasteiger partial charge is 0.389 e. The van der Waals surface area contributed by atoms with Crippen molar-refractivity contribution in [2.75, 3.05) is 44.2 Å². The van der Waals surface area contributed by atoms with E-state index in [1.54, 1.807) is 12.1 Å². The number of aliphatic imine (C=N–C) groups is 1. The zero-order valence-corrected chi connectivity index (χ0v) is 15.9. The van der Waals surface area contributed by atoms with E-state index in [1.165, 1.54) is 12.1 Å². The maximum absolute atomic E-state index is 13.0. The Morgan fingerprint density at radius 2 is 1.75 bits per heavy atom. The van der Waals surface area contributed by atoms with Gasteiger partial charge in [-0.3, -0.25) is 4.99 Å². The number of hydrogen-bond donors (Lipinski definition) is 2. The summed E-state index contributed by atoms with van der Waals surface area (Å²) in [5.74, 6) is 0.200. The van der Waals surface area contributed by atoms with E-state index in [-0.39, 0.29) is 19.0 Å². The van der Waals surface area contributed by atoms with Crippen LogP contribution < -0.4 is 10.6 Å². The zero-order valence-electron chi connectivity index (χ0n) is 15.9. The van der Waals surface area contributed by atoms with Gasteiger partial charge in [-0.15, -0.1) is 0 Å². The molecule has 1 heterocycles. The molecule has 1 unspecified atom stereocenters. The van der Waals surface area contributed by atoms with E-state index in [2.05, 4.69) is 9.89 Å². The van der Waals surface area contributed by atoms with Crippen LogP contribution in [0.2, 0.25) is 0 Å². The molecule has 0 saturated carbocycles. The predicted octanol–water partition coefficient (Wildman–Crippen LogP) is 1.84. The molecule has 0 amide bonds. The van der Waals surface area contributed by atoms with E-state index in [0.717, 1.165) is 37.4 Å². The fraction of sp³-hybridized carbons (Fsp3) is 0.381. The van der Waals surface area contributed by atoms with Gasteiger partial charge in [-0.25, -0.2) is 4.39 Å². The van der Waals surface area contributed by atoms with Gasteiger partial charge in [-0.2, -0.15) is 0 Å². The van der Waals surface area contributed by atoms with Crippen LogP contribution in [0.15, 0.2) is 59.6 Å². The van der Waals surface area contributed by atoms with Gasteiger partial charge in [0, 0.05) is 31.9 Å². The number of aliphatic hydroxyl groups excluding tert-OH is 1. The molecule has 0 spiro atoms. The van der Waals surface area contributed by atoms with E-state index < -0.39 is 6.10 Å². The minimum atomic E-state index is -0.692. The van der Waals surface area contributed by atoms with Gasteiger partial charge >= 0.3 is 0 Å². The first kappa shape index (κ1) is 20.1. The Morgan fingerprint density at radius 1 is 1.07 bits per heavy atom. The highest BCUT2D eigenvalue weighted by Crippen LogP contribution is 2.16. The number of nitrogens with two attached hydrogens (primary N) is 1. The van der Waals surface area contributed by atoms with Crippen molar-refractivity contribution in [3.05, 3.63) is 66.0 Å². The second-order valence-electron chi connectivity index (χ2n) is 6.80. The average Bonchev–Trinajstić information content (AvgIpc) is 2.73. The van der Waals surface area contributed by atoms with Crippen molar-refractivity contribution in [2.45, 2.75) is 12.7 Å². The molecule has 1 aliphatic heterocycles. The van der Waals surface area contributed by atoms with Crippen molar-refractivity contribution in [3.8, 4) is 0 Å². The van der Waals surface area contributed by atoms with Gasteiger partial charge in [0.1, 0.15) is 5.82 Å². The Kier molecular flexibility index (Phi) is 7.22. The number of ether oxygens (including phenoxy) is 1. The Morgan fingerprint density at radius 3 is 2.43 bits per heavy atom. The number of hydrogen-bond acceptors (Lipinski definition) is 4. The molecule has 1 saturated heterocycles. The summed E-state index contributed by atoms with van der Waals surface area (Å²) in [6.07, 6.45) is -0.692. The lowest BCUT2D eigenvalue weighted by Gasteiger charge is -2.36. The van der Waals surface area contributed by atoms with Gasteiger partial charge in [0.05, 0.1) is 25.9 Å². The van der Waals surface area contributed by atoms with Crippen molar-refractivity contribution >= 4 is 11.6 Å². The molecule has 28 heavy (non-hydrogen) atoms. The second-order valence-corrected chi connectivity index (χ2v) is 6.80. The molecular formula is C21H27FN4O2. The van der Waals surface area contributed by atoms with Crippen molar-refractivity contribution in [1.29, 1.82) is 0 Å². The van der Waals surface area contributed by atoms with Crippen LogP contribution in [0.4, 0.5) is 10.1 Å². The number of anilines is 1. The van der Waals surface area contributed by atoms with Crippen LogP contribution in [0.25, 0.3) is 0 Å². The molecule has 0 aliphatic carbocycles. The molecule has 0 aromatic heterocycles. The first-order chi connectivity index (χ1) is 13.6. The minimum absolute atomic E-state index is 0.207. The number of guanidine groups is 1. The summed E-state index contributed by atoms with van der Waals surface area (Å²) in [7, 11) is 0. The molecule has 6 nitrogen and oxygen atoms in total. The third kappa shape index (κ3) is 5.94. The second kappa shape index (κ2) is 10.1. The number of nitrogens with zero attached hydrogens (tertiary/aromatic N) is 3. The highest BCUT2D eigenvalue weighted by atomic mass is 19.1. The molecule has 3 N–H and O–H groups in total. The summed E-state index contributed by atoms with van der Waals surface area (Å²) < 4.78 is 18.6. The fourth-order valence-electron chi connectivity index (χ4n) is 3.08. The molecule has 1 fully saturated rings. The summed E-state index contributed by atoms with van der Waals surface area (Å²) in [6.45, 7) is 3.90. The summed E-state index contributed by atoms with van der Waals surface area (Å²) in [6, 6.07) is 16.3. The van der Waals surface area contributed by atoms with Crippen LogP contribution >= 0.6 is 0 Å². The molecule has 150 valence electrons. The number of benzene rings is 2. The molecule has 7 heteroatoms. The monoisotopic (exact) mass is 386 g/mol. The van der Waals surface area contributed by atoms with E-state index in [4.69, 9.17) is 10.5 Å². The van der Waals surface area contributed by atoms with Crippen LogP contribution in [-0.4, -0.2) is 61.4 Å². The number of rotatable bonds is 7. The van der Waals surface area contributed by atoms with Gasteiger partial charge in [0.25, 0.3) is 0 Å². The highest BCUT2D eigenvalue weighted by molar-refractivity contribution is 5.78. The lowest BCUT2D eigenvalue weighted by Crippen LogP contribution is -2.51. The summed E-state index contributed by atoms with van der Waals surface area (Å²) in [5, 5.41) is 10.0. The zero-order chi connectivity index (χ0) is 19.8. The Labute approximate surface area is 165 Å². The Bertz CT molecular complexity index is 747. The number of halogens is 1. The fourth-order valence-corrected chi connectivity index (χ4v) is 3.08. The maximum Gasteiger partial charge on any atom is 0.191 e. The van der Waals surface area contributed by atoms with Gasteiger partial charge in [0.2, 0.25) is 0 Å². The van der Waals surface area contributed by atoms with Gasteiger partial charge in [0.15, 0.2) is 5.96 Å². The summed E-state index contributed by atoms with van der Waals surface area (Å²) in [4.78, 5) is 8.49. The maximum atomic E-state index is 13.0. The van der Waals surface area contributed by atoms with Crippen LogP contribution in [0, 0.1) is 5.82 Å². The molecule has 0 bridgehead atoms. The standard InChI is InChI=1S/C21H27FN4O2/c22-18-6-8-19(9-7-18)25-10-12-26(13-11-25)21(23)24-14-20(27)16-28-15-17-4-2-1-3-5-17/h1-9,20,27H,10-16H2,(H2,23,24). The summed E-state index contributed by atoms with van der Waals surface area (Å²) in [5.41, 5.74) is 8.15. The summed E-state index contributed by atoms with van der Waals surface area (Å²) >= 11 is 0. The molecular weight excluding hydrogens is 359 g/mol. The topological polar surface area (TPSA) is 74.3 Å². The first-order valence-corrected chi connectivity index (χ1v) is 9.47. The third-order valence-electron chi connectivity index (χ3n) is 4.68. The quantitative estimate of drug-likeness (QED) is 0.561. The SMILES string of the molecule is NC(=NCC(O)COCc1ccccc1)N1CCN(c2ccc(F)cc2)CC1. The predicted molar refractivity (Wildman–Crippen MR) is 109 cm³/mol. The molecule has 1 aliphatic rings. The average molecular weight is 386 g/mol. The molecule has 1 atom stereocenters. The minimum Gasteiger partial charge on any atom is -0.389 e. The number of piperazine rings is 1. The lowest BCUT2D eigenvalue weighted by molar-refractivity contribution is 0.0330. The van der Waals surface area contributed by atoms with Crippen molar-refractivity contribution in [1.82, 2.24) is 4.90 Å². The lowest BCUT2D eigenvalue weighted by atomic mass is 10.2. The van der Waals surface area contributed by atoms with Crippen LogP contribution in [0.3, 0.4) is 0 Å². The van der Waals surface area contributed by atoms with Crippen LogP contribution in [0.1, 0.15) is 5.56 Å². The Hall–Kier alpha value is -2.64. The van der Waals surface area contributed by atoms with Gasteiger partial charge in [-0.05, 0) is 29.8 Å². The van der Waals surface area contributed by atoms with Gasteiger partial charge in [-0.1, -0.05) is 30.3 Å². The molecule has 2 aromatic rings. The third-order valence-corrected chi connectivity index (χ3v) is 4.68. The van der Waals surface area contributed by atoms with Crippen molar-refractivity contribution in [3.63, 3.8) is 0 Å². The highest BCUT2D eigenvalue weighted by Gasteiger charge is 2.18. The van der Waals surface area contributed by atoms with E-state index >= 15 is 0 Å². The van der Waals surface area contributed by atoms with Crippen molar-refractivity contribution < 1.29 is 14.2 Å². The van der Waals surface area contributed by atoms with E-state index in [9.17, 15) is 9.50 Å². The normalized spacial score (nSPS) is 16.3. The van der Waals surface area contributed by atoms with Crippen LogP contribution in [-0.2, 0) is 11.3 Å². The smallest absolute Gasteiger partial charge is 0.191 e. The van der Waals surface area contributed by atoms with Crippen molar-refractivity contribution in [2.24, 2.45) is 10.7 Å². The molecule has 2 aromatic carbocycles. The first-order valence-electron chi connectivity index (χ1n) is 9.47. The molecule has 0 radical (unpaired) electrons. The Balaban J connectivity index is 1.38.